The summed E-state index contributed by atoms with van der Waals surface area (Å²) in [5, 5.41) is 4.56. The van der Waals surface area contributed by atoms with E-state index in [-0.39, 0.29) is 11.3 Å². The van der Waals surface area contributed by atoms with Gasteiger partial charge in [-0.05, 0) is 61.9 Å². The van der Waals surface area contributed by atoms with Crippen molar-refractivity contribution in [2.75, 3.05) is 26.2 Å². The molecule has 2 fully saturated rings. The van der Waals surface area contributed by atoms with Crippen molar-refractivity contribution in [3.8, 4) is 0 Å². The summed E-state index contributed by atoms with van der Waals surface area (Å²) in [6.07, 6.45) is 6.75. The van der Waals surface area contributed by atoms with E-state index in [2.05, 4.69) is 76.0 Å². The number of rotatable bonds is 6. The van der Waals surface area contributed by atoms with Crippen LogP contribution in [0.3, 0.4) is 0 Å². The largest absolute Gasteiger partial charge is 0.361 e. The summed E-state index contributed by atoms with van der Waals surface area (Å²) in [4.78, 5) is 18.3. The first-order valence-electron chi connectivity index (χ1n) is 10.8. The number of benzene rings is 2. The molecule has 3 aromatic rings. The van der Waals surface area contributed by atoms with Crippen LogP contribution in [0.25, 0.3) is 10.9 Å². The molecule has 4 nitrogen and oxygen atoms in total. The van der Waals surface area contributed by atoms with Crippen LogP contribution in [0.2, 0.25) is 0 Å². The molecule has 0 atom stereocenters. The van der Waals surface area contributed by atoms with Gasteiger partial charge in [0.15, 0.2) is 0 Å². The Balaban J connectivity index is 1.12. The molecule has 0 spiro atoms. The highest BCUT2D eigenvalue weighted by Crippen LogP contribution is 2.47. The molecule has 1 amide bonds. The summed E-state index contributed by atoms with van der Waals surface area (Å²) < 4.78 is 0. The van der Waals surface area contributed by atoms with Gasteiger partial charge < -0.3 is 10.3 Å². The fourth-order valence-corrected chi connectivity index (χ4v) is 4.87. The molecule has 2 N–H and O–H groups in total. The Morgan fingerprint density at radius 2 is 1.76 bits per heavy atom. The smallest absolute Gasteiger partial charge is 0.234 e. The van der Waals surface area contributed by atoms with Gasteiger partial charge in [-0.2, -0.15) is 0 Å². The molecule has 0 unspecified atom stereocenters. The fourth-order valence-electron chi connectivity index (χ4n) is 4.87. The van der Waals surface area contributed by atoms with Crippen LogP contribution in [0.15, 0.2) is 60.8 Å². The van der Waals surface area contributed by atoms with Gasteiger partial charge >= 0.3 is 0 Å². The van der Waals surface area contributed by atoms with E-state index in [1.807, 2.05) is 0 Å². The molecular weight excluding hydrogens is 358 g/mol. The second-order valence-corrected chi connectivity index (χ2v) is 8.76. The topological polar surface area (TPSA) is 48.1 Å². The quantitative estimate of drug-likeness (QED) is 0.666. The average molecular weight is 388 g/mol. The van der Waals surface area contributed by atoms with E-state index in [0.717, 1.165) is 32.5 Å². The Morgan fingerprint density at radius 1 is 1.03 bits per heavy atom. The van der Waals surface area contributed by atoms with Gasteiger partial charge in [0.25, 0.3) is 0 Å². The average Bonchev–Trinajstić information content (AvgIpc) is 3.45. The molecule has 0 radical (unpaired) electrons. The predicted octanol–water partition coefficient (Wildman–Crippen LogP) is 4.20. The van der Waals surface area contributed by atoms with E-state index in [0.29, 0.717) is 12.5 Å². The number of aromatic nitrogens is 1. The van der Waals surface area contributed by atoms with Crippen molar-refractivity contribution in [3.63, 3.8) is 0 Å². The molecule has 1 aromatic heterocycles. The lowest BCUT2D eigenvalue weighted by Crippen LogP contribution is -2.43. The number of fused-ring (bicyclic) bond motifs is 1. The summed E-state index contributed by atoms with van der Waals surface area (Å²) in [5.41, 5.74) is 4.19. The van der Waals surface area contributed by atoms with Gasteiger partial charge in [-0.1, -0.05) is 48.5 Å². The molecule has 1 saturated heterocycles. The number of hydrogen-bond donors (Lipinski definition) is 2. The number of hydrogen-bond acceptors (Lipinski definition) is 2. The second-order valence-electron chi connectivity index (χ2n) is 8.76. The van der Waals surface area contributed by atoms with Crippen molar-refractivity contribution < 1.29 is 4.79 Å². The van der Waals surface area contributed by atoms with E-state index in [4.69, 9.17) is 0 Å². The van der Waals surface area contributed by atoms with Crippen LogP contribution in [0.4, 0.5) is 0 Å². The summed E-state index contributed by atoms with van der Waals surface area (Å²) in [5.74, 6) is 0.746. The van der Waals surface area contributed by atoms with Crippen molar-refractivity contribution in [2.24, 2.45) is 0 Å². The molecule has 2 heterocycles. The first-order chi connectivity index (χ1) is 14.2. The molecule has 5 rings (SSSR count). The predicted molar refractivity (Wildman–Crippen MR) is 117 cm³/mol. The minimum atomic E-state index is 0.165. The van der Waals surface area contributed by atoms with E-state index >= 15 is 0 Å². The molecule has 29 heavy (non-hydrogen) atoms. The number of para-hydroxylation sites is 1. The van der Waals surface area contributed by atoms with Crippen LogP contribution in [-0.4, -0.2) is 42.0 Å². The van der Waals surface area contributed by atoms with Gasteiger partial charge in [-0.3, -0.25) is 9.69 Å². The molecule has 2 aliphatic rings. The number of carbonyl (C=O) groups is 1. The number of nitrogens with zero attached hydrogens (tertiary/aromatic N) is 1. The number of aromatic amines is 1. The third kappa shape index (κ3) is 3.82. The normalized spacial score (nSPS) is 19.3. The minimum Gasteiger partial charge on any atom is -0.361 e. The number of piperidine rings is 1. The van der Waals surface area contributed by atoms with Gasteiger partial charge in [0.2, 0.25) is 5.91 Å². The van der Waals surface area contributed by atoms with Crippen molar-refractivity contribution in [1.82, 2.24) is 15.2 Å². The van der Waals surface area contributed by atoms with Crippen LogP contribution < -0.4 is 5.32 Å². The van der Waals surface area contributed by atoms with E-state index < -0.39 is 0 Å². The van der Waals surface area contributed by atoms with E-state index in [1.54, 1.807) is 0 Å². The standard InChI is InChI=1S/C25H29N3O/c29-24(27-18-25(12-13-25)20-6-2-1-3-7-20)17-28-14-10-19(11-15-28)22-16-26-23-9-5-4-8-21(22)23/h1-9,16,19,26H,10-15,17-18H2,(H,27,29). The maximum absolute atomic E-state index is 12.5. The highest BCUT2D eigenvalue weighted by atomic mass is 16.2. The number of likely N-dealkylation sites (tertiary alicyclic amines) is 1. The number of carbonyl (C=O) groups excluding carboxylic acids is 1. The van der Waals surface area contributed by atoms with Crippen LogP contribution in [0.1, 0.15) is 42.7 Å². The summed E-state index contributed by atoms with van der Waals surface area (Å²) in [6.45, 7) is 3.26. The number of nitrogens with one attached hydrogen (secondary N) is 2. The summed E-state index contributed by atoms with van der Waals surface area (Å²) in [6, 6.07) is 19.2. The second kappa shape index (κ2) is 7.68. The number of H-pyrrole nitrogens is 1. The Kier molecular flexibility index (Phi) is 4.88. The zero-order valence-corrected chi connectivity index (χ0v) is 16.9. The van der Waals surface area contributed by atoms with E-state index in [1.165, 1.54) is 34.9 Å². The molecule has 1 saturated carbocycles. The van der Waals surface area contributed by atoms with Crippen LogP contribution >= 0.6 is 0 Å². The van der Waals surface area contributed by atoms with Crippen LogP contribution in [-0.2, 0) is 10.2 Å². The molecule has 0 bridgehead atoms. The Hall–Kier alpha value is -2.59. The minimum absolute atomic E-state index is 0.165. The molecule has 2 aromatic carbocycles. The summed E-state index contributed by atoms with van der Waals surface area (Å²) in [7, 11) is 0. The molecule has 1 aliphatic carbocycles. The molecule has 1 aliphatic heterocycles. The fraction of sp³-hybridized carbons (Fsp3) is 0.400. The Morgan fingerprint density at radius 3 is 2.52 bits per heavy atom. The zero-order valence-electron chi connectivity index (χ0n) is 16.9. The molecule has 150 valence electrons. The SMILES string of the molecule is O=C(CN1CCC(c2c[nH]c3ccccc23)CC1)NCC1(c2ccccc2)CC1. The Bertz CT molecular complexity index is 981. The highest BCUT2D eigenvalue weighted by molar-refractivity contribution is 5.83. The van der Waals surface area contributed by atoms with E-state index in [9.17, 15) is 4.79 Å². The first-order valence-corrected chi connectivity index (χ1v) is 10.8. The maximum atomic E-state index is 12.5. The lowest BCUT2D eigenvalue weighted by molar-refractivity contribution is -0.122. The van der Waals surface area contributed by atoms with Crippen molar-refractivity contribution >= 4 is 16.8 Å². The van der Waals surface area contributed by atoms with Gasteiger partial charge in [0, 0.05) is 29.1 Å². The van der Waals surface area contributed by atoms with Crippen molar-refractivity contribution in [3.05, 3.63) is 71.9 Å². The van der Waals surface area contributed by atoms with Crippen molar-refractivity contribution in [2.45, 2.75) is 37.0 Å². The number of amides is 1. The third-order valence-electron chi connectivity index (χ3n) is 6.88. The van der Waals surface area contributed by atoms with Crippen molar-refractivity contribution in [1.29, 1.82) is 0 Å². The first kappa shape index (κ1) is 18.4. The van der Waals surface area contributed by atoms with Crippen LogP contribution in [0, 0.1) is 0 Å². The third-order valence-corrected chi connectivity index (χ3v) is 6.88. The van der Waals surface area contributed by atoms with Crippen LogP contribution in [0.5, 0.6) is 0 Å². The van der Waals surface area contributed by atoms with Gasteiger partial charge in [-0.25, -0.2) is 0 Å². The van der Waals surface area contributed by atoms with Gasteiger partial charge in [0.1, 0.15) is 0 Å². The Labute approximate surface area is 172 Å². The zero-order chi connectivity index (χ0) is 19.7. The van der Waals surface area contributed by atoms with Gasteiger partial charge in [-0.15, -0.1) is 0 Å². The lowest BCUT2D eigenvalue weighted by atomic mass is 9.89. The molecule has 4 heteroatoms. The highest BCUT2D eigenvalue weighted by Gasteiger charge is 2.44. The maximum Gasteiger partial charge on any atom is 0.234 e. The lowest BCUT2D eigenvalue weighted by Gasteiger charge is -2.31. The monoisotopic (exact) mass is 387 g/mol. The molecular formula is C25H29N3O. The van der Waals surface area contributed by atoms with Gasteiger partial charge in [0.05, 0.1) is 6.54 Å². The summed E-state index contributed by atoms with van der Waals surface area (Å²) >= 11 is 0.